The largest absolute Gasteiger partial charge is 0.324 e. The van der Waals surface area contributed by atoms with Gasteiger partial charge < -0.3 is 5.73 Å². The minimum absolute atomic E-state index is 0.204. The molecule has 0 fully saturated rings. The molecule has 0 saturated carbocycles. The standard InChI is InChI=1S/C14H27N/c1-7-11(4)14(15)13(6)12(5)9-8-10(2)3/h7-8,12-14H,9,15H2,1-6H3/b11-7+/t12-,13+,14-/m1/s1. The molecule has 0 aromatic rings. The van der Waals surface area contributed by atoms with Crippen molar-refractivity contribution >= 4 is 0 Å². The Morgan fingerprint density at radius 2 is 1.73 bits per heavy atom. The molecule has 0 aliphatic heterocycles. The fourth-order valence-electron chi connectivity index (χ4n) is 1.60. The summed E-state index contributed by atoms with van der Waals surface area (Å²) < 4.78 is 0. The van der Waals surface area contributed by atoms with Crippen molar-refractivity contribution in [3.8, 4) is 0 Å². The highest BCUT2D eigenvalue weighted by molar-refractivity contribution is 5.07. The Labute approximate surface area is 95.4 Å². The molecular formula is C14H27N. The Balaban J connectivity index is 4.31. The van der Waals surface area contributed by atoms with Crippen LogP contribution in [0, 0.1) is 11.8 Å². The number of hydrogen-bond acceptors (Lipinski definition) is 1. The van der Waals surface area contributed by atoms with Crippen LogP contribution in [0.4, 0.5) is 0 Å². The van der Waals surface area contributed by atoms with E-state index in [0.717, 1.165) is 6.42 Å². The zero-order chi connectivity index (χ0) is 12.0. The van der Waals surface area contributed by atoms with Crippen molar-refractivity contribution < 1.29 is 0 Å². The molecule has 0 aromatic carbocycles. The fraction of sp³-hybridized carbons (Fsp3) is 0.714. The lowest BCUT2D eigenvalue weighted by Crippen LogP contribution is -2.33. The van der Waals surface area contributed by atoms with Crippen LogP contribution >= 0.6 is 0 Å². The van der Waals surface area contributed by atoms with Gasteiger partial charge in [0.15, 0.2) is 0 Å². The maximum absolute atomic E-state index is 6.19. The zero-order valence-corrected chi connectivity index (χ0v) is 11.2. The van der Waals surface area contributed by atoms with Gasteiger partial charge in [-0.3, -0.25) is 0 Å². The number of hydrogen-bond donors (Lipinski definition) is 1. The normalized spacial score (nSPS) is 18.2. The maximum Gasteiger partial charge on any atom is 0.0279 e. The van der Waals surface area contributed by atoms with E-state index >= 15 is 0 Å². The summed E-state index contributed by atoms with van der Waals surface area (Å²) in [5.41, 5.74) is 8.88. The van der Waals surface area contributed by atoms with Crippen molar-refractivity contribution in [3.63, 3.8) is 0 Å². The summed E-state index contributed by atoms with van der Waals surface area (Å²) in [6.07, 6.45) is 5.56. The average molecular weight is 209 g/mol. The molecule has 0 rings (SSSR count). The Morgan fingerprint density at radius 3 is 2.13 bits per heavy atom. The molecule has 1 nitrogen and oxygen atoms in total. The number of rotatable bonds is 5. The molecule has 0 unspecified atom stereocenters. The van der Waals surface area contributed by atoms with Gasteiger partial charge >= 0.3 is 0 Å². The van der Waals surface area contributed by atoms with E-state index in [1.54, 1.807) is 0 Å². The number of allylic oxidation sites excluding steroid dienone is 3. The topological polar surface area (TPSA) is 26.0 Å². The highest BCUT2D eigenvalue weighted by atomic mass is 14.7. The van der Waals surface area contributed by atoms with Gasteiger partial charge in [0.25, 0.3) is 0 Å². The van der Waals surface area contributed by atoms with Crippen molar-refractivity contribution in [3.05, 3.63) is 23.3 Å². The second kappa shape index (κ2) is 6.84. The first-order valence-corrected chi connectivity index (χ1v) is 5.91. The van der Waals surface area contributed by atoms with Gasteiger partial charge in [0.1, 0.15) is 0 Å². The van der Waals surface area contributed by atoms with E-state index in [0.29, 0.717) is 11.8 Å². The molecular weight excluding hydrogens is 182 g/mol. The van der Waals surface area contributed by atoms with E-state index in [4.69, 9.17) is 5.73 Å². The minimum atomic E-state index is 0.204. The smallest absolute Gasteiger partial charge is 0.0279 e. The Hall–Kier alpha value is -0.560. The fourth-order valence-corrected chi connectivity index (χ4v) is 1.60. The van der Waals surface area contributed by atoms with Gasteiger partial charge in [-0.15, -0.1) is 0 Å². The summed E-state index contributed by atoms with van der Waals surface area (Å²) in [5.74, 6) is 1.18. The molecule has 0 aliphatic rings. The quantitative estimate of drug-likeness (QED) is 0.683. The van der Waals surface area contributed by atoms with E-state index in [2.05, 4.69) is 53.7 Å². The molecule has 0 aromatic heterocycles. The van der Waals surface area contributed by atoms with E-state index in [1.165, 1.54) is 11.1 Å². The zero-order valence-electron chi connectivity index (χ0n) is 11.2. The van der Waals surface area contributed by atoms with Crippen molar-refractivity contribution in [1.29, 1.82) is 0 Å². The third kappa shape index (κ3) is 5.17. The number of nitrogens with two attached hydrogens (primary N) is 1. The summed E-state index contributed by atoms with van der Waals surface area (Å²) in [5, 5.41) is 0. The van der Waals surface area contributed by atoms with Gasteiger partial charge in [0, 0.05) is 6.04 Å². The SMILES string of the molecule is C/C=C(\C)[C@@H](N)[C@@H](C)[C@H](C)CC=C(C)C. The van der Waals surface area contributed by atoms with Gasteiger partial charge in [-0.2, -0.15) is 0 Å². The lowest BCUT2D eigenvalue weighted by atomic mass is 9.83. The molecule has 0 bridgehead atoms. The lowest BCUT2D eigenvalue weighted by Gasteiger charge is -2.26. The average Bonchev–Trinajstić information content (AvgIpc) is 2.22. The lowest BCUT2D eigenvalue weighted by molar-refractivity contribution is 0.350. The predicted octanol–water partition coefficient (Wildman–Crippen LogP) is 3.91. The first kappa shape index (κ1) is 14.4. The van der Waals surface area contributed by atoms with Crippen LogP contribution in [0.2, 0.25) is 0 Å². The highest BCUT2D eigenvalue weighted by Crippen LogP contribution is 2.22. The minimum Gasteiger partial charge on any atom is -0.324 e. The summed E-state index contributed by atoms with van der Waals surface area (Å²) in [6, 6.07) is 0.204. The second-order valence-electron chi connectivity index (χ2n) is 4.91. The molecule has 0 saturated heterocycles. The van der Waals surface area contributed by atoms with E-state index in [-0.39, 0.29) is 6.04 Å². The Morgan fingerprint density at radius 1 is 1.20 bits per heavy atom. The van der Waals surface area contributed by atoms with Crippen LogP contribution in [-0.2, 0) is 0 Å². The first-order valence-electron chi connectivity index (χ1n) is 5.91. The van der Waals surface area contributed by atoms with Crippen LogP contribution in [0.25, 0.3) is 0 Å². The summed E-state index contributed by atoms with van der Waals surface area (Å²) >= 11 is 0. The molecule has 0 aliphatic carbocycles. The van der Waals surface area contributed by atoms with Crippen LogP contribution in [-0.4, -0.2) is 6.04 Å². The van der Waals surface area contributed by atoms with E-state index < -0.39 is 0 Å². The van der Waals surface area contributed by atoms with Crippen molar-refractivity contribution in [2.24, 2.45) is 17.6 Å². The van der Waals surface area contributed by atoms with Gasteiger partial charge in [-0.25, -0.2) is 0 Å². The molecule has 0 amide bonds. The van der Waals surface area contributed by atoms with Gasteiger partial charge in [-0.1, -0.05) is 37.1 Å². The van der Waals surface area contributed by atoms with Crippen molar-refractivity contribution in [2.45, 2.75) is 54.0 Å². The van der Waals surface area contributed by atoms with Crippen LogP contribution in [0.3, 0.4) is 0 Å². The third-order valence-electron chi connectivity index (χ3n) is 3.34. The molecule has 1 heteroatoms. The molecule has 2 N–H and O–H groups in total. The Kier molecular flexibility index (Phi) is 6.58. The van der Waals surface area contributed by atoms with Gasteiger partial charge in [0.2, 0.25) is 0 Å². The monoisotopic (exact) mass is 209 g/mol. The molecule has 3 atom stereocenters. The van der Waals surface area contributed by atoms with Crippen LogP contribution < -0.4 is 5.73 Å². The predicted molar refractivity (Wildman–Crippen MR) is 69.8 cm³/mol. The first-order chi connectivity index (χ1) is 6.90. The maximum atomic E-state index is 6.19. The molecule has 15 heavy (non-hydrogen) atoms. The molecule has 0 heterocycles. The van der Waals surface area contributed by atoms with E-state index in [1.807, 2.05) is 0 Å². The third-order valence-corrected chi connectivity index (χ3v) is 3.34. The van der Waals surface area contributed by atoms with Crippen LogP contribution in [0.1, 0.15) is 48.0 Å². The molecule has 0 spiro atoms. The van der Waals surface area contributed by atoms with Crippen molar-refractivity contribution in [2.75, 3.05) is 0 Å². The van der Waals surface area contributed by atoms with Crippen LogP contribution in [0.5, 0.6) is 0 Å². The second-order valence-corrected chi connectivity index (χ2v) is 4.91. The van der Waals surface area contributed by atoms with Crippen LogP contribution in [0.15, 0.2) is 23.3 Å². The summed E-state index contributed by atoms with van der Waals surface area (Å²) in [4.78, 5) is 0. The summed E-state index contributed by atoms with van der Waals surface area (Å²) in [6.45, 7) is 13.0. The van der Waals surface area contributed by atoms with Gasteiger partial charge in [-0.05, 0) is 46.0 Å². The summed E-state index contributed by atoms with van der Waals surface area (Å²) in [7, 11) is 0. The highest BCUT2D eigenvalue weighted by Gasteiger charge is 2.19. The molecule has 88 valence electrons. The molecule has 0 radical (unpaired) electrons. The Bertz CT molecular complexity index is 234. The van der Waals surface area contributed by atoms with Gasteiger partial charge in [0.05, 0.1) is 0 Å². The van der Waals surface area contributed by atoms with E-state index in [9.17, 15) is 0 Å². The van der Waals surface area contributed by atoms with Crippen molar-refractivity contribution in [1.82, 2.24) is 0 Å².